The Kier molecular flexibility index (Phi) is 5.42. The van der Waals surface area contributed by atoms with Crippen LogP contribution in [0, 0.1) is 0 Å². The summed E-state index contributed by atoms with van der Waals surface area (Å²) in [5, 5.41) is 3.61. The third-order valence-corrected chi connectivity index (χ3v) is 4.17. The van der Waals surface area contributed by atoms with E-state index in [-0.39, 0.29) is 17.7 Å². The highest BCUT2D eigenvalue weighted by molar-refractivity contribution is 6.30. The Morgan fingerprint density at radius 2 is 2.14 bits per heavy atom. The standard InChI is InChI=1S/C16H22ClN3O2/c1-18-7-6-15(21)20-10-11(8-16(22)19(2)3)13-9-12(17)4-5-14(13)20/h4-5,9,11,18H,6-8,10H2,1-3H3. The molecule has 0 aliphatic carbocycles. The number of anilines is 1. The van der Waals surface area contributed by atoms with Crippen molar-refractivity contribution in [3.05, 3.63) is 28.8 Å². The molecule has 0 saturated heterocycles. The molecule has 1 aromatic rings. The van der Waals surface area contributed by atoms with E-state index in [1.807, 2.05) is 19.2 Å². The van der Waals surface area contributed by atoms with Gasteiger partial charge >= 0.3 is 0 Å². The van der Waals surface area contributed by atoms with Crippen molar-refractivity contribution in [2.75, 3.05) is 39.1 Å². The van der Waals surface area contributed by atoms with Gasteiger partial charge in [-0.2, -0.15) is 0 Å². The highest BCUT2D eigenvalue weighted by Gasteiger charge is 2.33. The molecule has 1 N–H and O–H groups in total. The molecule has 1 heterocycles. The van der Waals surface area contributed by atoms with Crippen molar-refractivity contribution < 1.29 is 9.59 Å². The summed E-state index contributed by atoms with van der Waals surface area (Å²) in [4.78, 5) is 27.7. The monoisotopic (exact) mass is 323 g/mol. The molecule has 2 amide bonds. The van der Waals surface area contributed by atoms with E-state index in [0.717, 1.165) is 11.3 Å². The van der Waals surface area contributed by atoms with Crippen LogP contribution >= 0.6 is 11.6 Å². The maximum Gasteiger partial charge on any atom is 0.228 e. The third-order valence-electron chi connectivity index (χ3n) is 3.93. The van der Waals surface area contributed by atoms with Crippen molar-refractivity contribution in [1.82, 2.24) is 10.2 Å². The second-order valence-corrected chi connectivity index (χ2v) is 6.19. The first-order valence-corrected chi connectivity index (χ1v) is 7.76. The summed E-state index contributed by atoms with van der Waals surface area (Å²) in [6.07, 6.45) is 0.822. The van der Waals surface area contributed by atoms with E-state index in [1.54, 1.807) is 30.0 Å². The van der Waals surface area contributed by atoms with Crippen molar-refractivity contribution in [2.24, 2.45) is 0 Å². The lowest BCUT2D eigenvalue weighted by molar-refractivity contribution is -0.129. The van der Waals surface area contributed by atoms with E-state index in [4.69, 9.17) is 11.6 Å². The molecule has 6 heteroatoms. The Morgan fingerprint density at radius 3 is 2.77 bits per heavy atom. The molecule has 0 fully saturated rings. The van der Waals surface area contributed by atoms with Crippen LogP contribution in [-0.2, 0) is 9.59 Å². The average Bonchev–Trinajstić information content (AvgIpc) is 2.82. The van der Waals surface area contributed by atoms with Gasteiger partial charge in [-0.1, -0.05) is 11.6 Å². The molecule has 2 rings (SSSR count). The topological polar surface area (TPSA) is 52.7 Å². The summed E-state index contributed by atoms with van der Waals surface area (Å²) in [5.41, 5.74) is 1.86. The van der Waals surface area contributed by atoms with E-state index in [0.29, 0.717) is 31.0 Å². The maximum absolute atomic E-state index is 12.4. The average molecular weight is 324 g/mol. The molecule has 22 heavy (non-hydrogen) atoms. The number of hydrogen-bond acceptors (Lipinski definition) is 3. The first-order valence-electron chi connectivity index (χ1n) is 7.38. The Hall–Kier alpha value is -1.59. The fraction of sp³-hybridized carbons (Fsp3) is 0.500. The summed E-state index contributed by atoms with van der Waals surface area (Å²) < 4.78 is 0. The Morgan fingerprint density at radius 1 is 1.41 bits per heavy atom. The van der Waals surface area contributed by atoms with Crippen molar-refractivity contribution in [1.29, 1.82) is 0 Å². The van der Waals surface area contributed by atoms with Gasteiger partial charge in [-0.05, 0) is 30.8 Å². The highest BCUT2D eigenvalue weighted by atomic mass is 35.5. The fourth-order valence-corrected chi connectivity index (χ4v) is 2.87. The van der Waals surface area contributed by atoms with Crippen LogP contribution in [0.25, 0.3) is 0 Å². The van der Waals surface area contributed by atoms with Gasteiger partial charge in [0, 0.05) is 56.7 Å². The predicted molar refractivity (Wildman–Crippen MR) is 88.4 cm³/mol. The van der Waals surface area contributed by atoms with Crippen LogP contribution in [0.4, 0.5) is 5.69 Å². The van der Waals surface area contributed by atoms with Gasteiger partial charge in [-0.15, -0.1) is 0 Å². The van der Waals surface area contributed by atoms with Crippen molar-refractivity contribution in [3.63, 3.8) is 0 Å². The SMILES string of the molecule is CNCCC(=O)N1CC(CC(=O)N(C)C)c2cc(Cl)ccc21. The van der Waals surface area contributed by atoms with Gasteiger partial charge in [0.05, 0.1) is 0 Å². The minimum Gasteiger partial charge on any atom is -0.349 e. The number of carbonyl (C=O) groups excluding carboxylic acids is 2. The number of nitrogens with one attached hydrogen (secondary N) is 1. The molecule has 1 aliphatic rings. The molecule has 0 spiro atoms. The first kappa shape index (κ1) is 16.8. The molecule has 120 valence electrons. The number of nitrogens with zero attached hydrogens (tertiary/aromatic N) is 2. The van der Waals surface area contributed by atoms with Crippen molar-refractivity contribution >= 4 is 29.1 Å². The minimum absolute atomic E-state index is 0.00198. The zero-order valence-corrected chi connectivity index (χ0v) is 14.0. The first-order chi connectivity index (χ1) is 10.4. The van der Waals surface area contributed by atoms with E-state index in [2.05, 4.69) is 5.32 Å². The Labute approximate surface area is 136 Å². The maximum atomic E-state index is 12.4. The van der Waals surface area contributed by atoms with Gasteiger partial charge in [0.1, 0.15) is 0 Å². The molecule has 1 atom stereocenters. The number of hydrogen-bond donors (Lipinski definition) is 1. The van der Waals surface area contributed by atoms with E-state index in [1.165, 1.54) is 0 Å². The molecule has 1 aliphatic heterocycles. The smallest absolute Gasteiger partial charge is 0.228 e. The number of halogens is 1. The Balaban J connectivity index is 2.24. The largest absolute Gasteiger partial charge is 0.349 e. The number of carbonyl (C=O) groups is 2. The summed E-state index contributed by atoms with van der Waals surface area (Å²) in [7, 11) is 5.31. The van der Waals surface area contributed by atoms with Crippen molar-refractivity contribution in [2.45, 2.75) is 18.8 Å². The van der Waals surface area contributed by atoms with Gasteiger partial charge in [0.15, 0.2) is 0 Å². The zero-order valence-electron chi connectivity index (χ0n) is 13.2. The van der Waals surface area contributed by atoms with Gasteiger partial charge in [-0.3, -0.25) is 9.59 Å². The summed E-state index contributed by atoms with van der Waals surface area (Å²) in [6, 6.07) is 5.53. The molecule has 0 bridgehead atoms. The molecule has 5 nitrogen and oxygen atoms in total. The third kappa shape index (κ3) is 3.59. The lowest BCUT2D eigenvalue weighted by Crippen LogP contribution is -2.32. The minimum atomic E-state index is 0.00198. The van der Waals surface area contributed by atoms with Crippen LogP contribution in [0.2, 0.25) is 5.02 Å². The van der Waals surface area contributed by atoms with Crippen LogP contribution in [0.3, 0.4) is 0 Å². The molecular weight excluding hydrogens is 302 g/mol. The van der Waals surface area contributed by atoms with Crippen LogP contribution in [0.5, 0.6) is 0 Å². The Bertz CT molecular complexity index is 575. The van der Waals surface area contributed by atoms with Crippen LogP contribution in [0.15, 0.2) is 18.2 Å². The summed E-state index contributed by atoms with van der Waals surface area (Å²) >= 11 is 6.09. The number of rotatable bonds is 5. The number of amides is 2. The second kappa shape index (κ2) is 7.11. The molecule has 1 aromatic carbocycles. The summed E-state index contributed by atoms with van der Waals surface area (Å²) in [5.74, 6) is 0.125. The van der Waals surface area contributed by atoms with Gasteiger partial charge in [0.25, 0.3) is 0 Å². The zero-order chi connectivity index (χ0) is 16.3. The van der Waals surface area contributed by atoms with E-state index < -0.39 is 0 Å². The van der Waals surface area contributed by atoms with Crippen molar-refractivity contribution in [3.8, 4) is 0 Å². The van der Waals surface area contributed by atoms with E-state index >= 15 is 0 Å². The van der Waals surface area contributed by atoms with Crippen LogP contribution in [-0.4, -0.2) is 50.9 Å². The normalized spacial score (nSPS) is 16.5. The summed E-state index contributed by atoms with van der Waals surface area (Å²) in [6.45, 7) is 1.18. The van der Waals surface area contributed by atoms with Gasteiger partial charge < -0.3 is 15.1 Å². The molecule has 0 saturated carbocycles. The second-order valence-electron chi connectivity index (χ2n) is 5.75. The van der Waals surface area contributed by atoms with Gasteiger partial charge in [-0.25, -0.2) is 0 Å². The quantitative estimate of drug-likeness (QED) is 0.900. The molecule has 0 radical (unpaired) electrons. The highest BCUT2D eigenvalue weighted by Crippen LogP contribution is 2.40. The predicted octanol–water partition coefficient (Wildman–Crippen LogP) is 1.86. The lowest BCUT2D eigenvalue weighted by Gasteiger charge is -2.18. The van der Waals surface area contributed by atoms with Gasteiger partial charge in [0.2, 0.25) is 11.8 Å². The fourth-order valence-electron chi connectivity index (χ4n) is 2.69. The molecule has 1 unspecified atom stereocenters. The van der Waals surface area contributed by atoms with Crippen LogP contribution in [0.1, 0.15) is 24.3 Å². The molecular formula is C16H22ClN3O2. The number of fused-ring (bicyclic) bond motifs is 1. The lowest BCUT2D eigenvalue weighted by atomic mass is 9.97. The van der Waals surface area contributed by atoms with Crippen LogP contribution < -0.4 is 10.2 Å². The molecule has 0 aromatic heterocycles. The van der Waals surface area contributed by atoms with E-state index in [9.17, 15) is 9.59 Å². The number of benzene rings is 1.